The maximum absolute atomic E-state index is 12.4. The minimum atomic E-state index is -0.613. The van der Waals surface area contributed by atoms with Crippen molar-refractivity contribution in [3.63, 3.8) is 0 Å². The van der Waals surface area contributed by atoms with Crippen molar-refractivity contribution in [3.8, 4) is 0 Å². The van der Waals surface area contributed by atoms with Gasteiger partial charge in [-0.2, -0.15) is 0 Å². The standard InChI is InChI=1S/C16H22N2OS/c1-3-12-4-6-13(7-5-12)10-18-15(19)16(14(17)20)8-11(2)9-16/h4-7,11H,3,8-10H2,1-2H3,(H2,17,20)(H,18,19). The van der Waals surface area contributed by atoms with Gasteiger partial charge in [-0.1, -0.05) is 50.3 Å². The molecule has 1 aromatic rings. The quantitative estimate of drug-likeness (QED) is 0.820. The topological polar surface area (TPSA) is 55.1 Å². The van der Waals surface area contributed by atoms with E-state index in [1.807, 2.05) is 0 Å². The number of thiocarbonyl (C=S) groups is 1. The zero-order chi connectivity index (χ0) is 14.8. The van der Waals surface area contributed by atoms with E-state index in [0.29, 0.717) is 17.5 Å². The maximum atomic E-state index is 12.4. The van der Waals surface area contributed by atoms with E-state index in [-0.39, 0.29) is 5.91 Å². The zero-order valence-electron chi connectivity index (χ0n) is 12.1. The van der Waals surface area contributed by atoms with Crippen molar-refractivity contribution in [2.24, 2.45) is 17.1 Å². The first-order valence-corrected chi connectivity index (χ1v) is 7.55. The molecule has 20 heavy (non-hydrogen) atoms. The van der Waals surface area contributed by atoms with Crippen molar-refractivity contribution < 1.29 is 4.79 Å². The lowest BCUT2D eigenvalue weighted by Crippen LogP contribution is -2.55. The Bertz CT molecular complexity index is 504. The molecule has 0 unspecified atom stereocenters. The molecule has 2 rings (SSSR count). The van der Waals surface area contributed by atoms with Crippen LogP contribution in [-0.4, -0.2) is 10.9 Å². The maximum Gasteiger partial charge on any atom is 0.233 e. The van der Waals surface area contributed by atoms with Gasteiger partial charge in [-0.05, 0) is 36.3 Å². The van der Waals surface area contributed by atoms with Crippen LogP contribution in [0.1, 0.15) is 37.8 Å². The number of rotatable bonds is 5. The average molecular weight is 290 g/mol. The highest BCUT2D eigenvalue weighted by Gasteiger charge is 2.50. The Kier molecular flexibility index (Phi) is 4.43. The molecular formula is C16H22N2OS. The second kappa shape index (κ2) is 5.92. The summed E-state index contributed by atoms with van der Waals surface area (Å²) in [5.74, 6) is 0.494. The van der Waals surface area contributed by atoms with Gasteiger partial charge in [0, 0.05) is 6.54 Å². The fourth-order valence-electron chi connectivity index (χ4n) is 2.87. The Labute approximate surface area is 125 Å². The van der Waals surface area contributed by atoms with Crippen molar-refractivity contribution in [2.75, 3.05) is 0 Å². The first-order valence-electron chi connectivity index (χ1n) is 7.14. The van der Waals surface area contributed by atoms with Gasteiger partial charge in [0.25, 0.3) is 0 Å². The zero-order valence-corrected chi connectivity index (χ0v) is 12.9. The highest BCUT2D eigenvalue weighted by molar-refractivity contribution is 7.80. The van der Waals surface area contributed by atoms with Gasteiger partial charge in [0.15, 0.2) is 0 Å². The molecule has 3 nitrogen and oxygen atoms in total. The molecule has 108 valence electrons. The third-order valence-electron chi connectivity index (χ3n) is 4.18. The number of nitrogens with one attached hydrogen (secondary N) is 1. The lowest BCUT2D eigenvalue weighted by molar-refractivity contribution is -0.133. The van der Waals surface area contributed by atoms with Gasteiger partial charge in [-0.3, -0.25) is 4.79 Å². The second-order valence-electron chi connectivity index (χ2n) is 5.81. The van der Waals surface area contributed by atoms with E-state index in [1.54, 1.807) is 0 Å². The van der Waals surface area contributed by atoms with E-state index >= 15 is 0 Å². The number of nitrogens with two attached hydrogens (primary N) is 1. The van der Waals surface area contributed by atoms with E-state index in [9.17, 15) is 4.79 Å². The van der Waals surface area contributed by atoms with Crippen LogP contribution in [0.5, 0.6) is 0 Å². The van der Waals surface area contributed by atoms with Gasteiger partial charge in [0.1, 0.15) is 0 Å². The molecule has 1 amide bonds. The summed E-state index contributed by atoms with van der Waals surface area (Å²) in [5, 5.41) is 2.97. The van der Waals surface area contributed by atoms with E-state index in [4.69, 9.17) is 18.0 Å². The van der Waals surface area contributed by atoms with E-state index in [1.165, 1.54) is 5.56 Å². The summed E-state index contributed by atoms with van der Waals surface area (Å²) in [7, 11) is 0. The molecule has 0 aromatic heterocycles. The number of hydrogen-bond acceptors (Lipinski definition) is 2. The molecule has 1 fully saturated rings. The van der Waals surface area contributed by atoms with Gasteiger partial charge in [0.05, 0.1) is 10.4 Å². The molecule has 0 atom stereocenters. The lowest BCUT2D eigenvalue weighted by Gasteiger charge is -2.44. The molecule has 1 saturated carbocycles. The van der Waals surface area contributed by atoms with E-state index in [2.05, 4.69) is 43.4 Å². The summed E-state index contributed by atoms with van der Waals surface area (Å²) in [5.41, 5.74) is 7.56. The number of aryl methyl sites for hydroxylation is 1. The van der Waals surface area contributed by atoms with Crippen molar-refractivity contribution >= 4 is 23.1 Å². The molecule has 1 aliphatic rings. The predicted octanol–water partition coefficient (Wildman–Crippen LogP) is 2.57. The predicted molar refractivity (Wildman–Crippen MR) is 85.3 cm³/mol. The van der Waals surface area contributed by atoms with Crippen LogP contribution < -0.4 is 11.1 Å². The van der Waals surface area contributed by atoms with Crippen molar-refractivity contribution in [3.05, 3.63) is 35.4 Å². The van der Waals surface area contributed by atoms with E-state index < -0.39 is 5.41 Å². The van der Waals surface area contributed by atoms with Crippen molar-refractivity contribution in [2.45, 2.75) is 39.7 Å². The highest BCUT2D eigenvalue weighted by Crippen LogP contribution is 2.45. The molecule has 0 aliphatic heterocycles. The lowest BCUT2D eigenvalue weighted by atomic mass is 9.62. The Morgan fingerprint density at radius 2 is 1.90 bits per heavy atom. The fourth-order valence-corrected chi connectivity index (χ4v) is 3.13. The van der Waals surface area contributed by atoms with Crippen LogP contribution in [0.15, 0.2) is 24.3 Å². The molecular weight excluding hydrogens is 268 g/mol. The number of benzene rings is 1. The van der Waals surface area contributed by atoms with Crippen LogP contribution in [0.25, 0.3) is 0 Å². The number of carbonyl (C=O) groups excluding carboxylic acids is 1. The first kappa shape index (κ1) is 15.0. The summed E-state index contributed by atoms with van der Waals surface area (Å²) in [6, 6.07) is 8.29. The Morgan fingerprint density at radius 3 is 2.35 bits per heavy atom. The van der Waals surface area contributed by atoms with Crippen LogP contribution in [0.2, 0.25) is 0 Å². The largest absolute Gasteiger partial charge is 0.392 e. The summed E-state index contributed by atoms with van der Waals surface area (Å²) in [6.45, 7) is 4.77. The van der Waals surface area contributed by atoms with Crippen LogP contribution in [0, 0.1) is 11.3 Å². The minimum Gasteiger partial charge on any atom is -0.392 e. The Morgan fingerprint density at radius 1 is 1.35 bits per heavy atom. The summed E-state index contributed by atoms with van der Waals surface area (Å²) >= 11 is 5.09. The van der Waals surface area contributed by atoms with Gasteiger partial charge >= 0.3 is 0 Å². The smallest absolute Gasteiger partial charge is 0.233 e. The molecule has 1 aromatic carbocycles. The third-order valence-corrected chi connectivity index (χ3v) is 4.58. The van der Waals surface area contributed by atoms with Crippen LogP contribution in [-0.2, 0) is 17.8 Å². The number of amides is 1. The highest BCUT2D eigenvalue weighted by atomic mass is 32.1. The second-order valence-corrected chi connectivity index (χ2v) is 6.25. The molecule has 0 spiro atoms. The molecule has 1 aliphatic carbocycles. The van der Waals surface area contributed by atoms with Gasteiger partial charge in [-0.15, -0.1) is 0 Å². The summed E-state index contributed by atoms with van der Waals surface area (Å²) in [6.07, 6.45) is 2.56. The van der Waals surface area contributed by atoms with E-state index in [0.717, 1.165) is 24.8 Å². The van der Waals surface area contributed by atoms with Crippen molar-refractivity contribution in [1.82, 2.24) is 5.32 Å². The Hall–Kier alpha value is -1.42. The average Bonchev–Trinajstić information content (AvgIpc) is 2.41. The first-order chi connectivity index (χ1) is 9.48. The summed E-state index contributed by atoms with van der Waals surface area (Å²) < 4.78 is 0. The van der Waals surface area contributed by atoms with Crippen LogP contribution >= 0.6 is 12.2 Å². The molecule has 0 heterocycles. The monoisotopic (exact) mass is 290 g/mol. The van der Waals surface area contributed by atoms with Crippen LogP contribution in [0.4, 0.5) is 0 Å². The van der Waals surface area contributed by atoms with Crippen molar-refractivity contribution in [1.29, 1.82) is 0 Å². The van der Waals surface area contributed by atoms with Gasteiger partial charge < -0.3 is 11.1 Å². The normalized spacial score (nSPS) is 24.8. The minimum absolute atomic E-state index is 0.0253. The molecule has 3 N–H and O–H groups in total. The molecule has 0 bridgehead atoms. The van der Waals surface area contributed by atoms with Gasteiger partial charge in [-0.25, -0.2) is 0 Å². The van der Waals surface area contributed by atoms with Crippen LogP contribution in [0.3, 0.4) is 0 Å². The fraction of sp³-hybridized carbons (Fsp3) is 0.500. The Balaban J connectivity index is 1.95. The molecule has 4 heteroatoms. The SMILES string of the molecule is CCc1ccc(CNC(=O)C2(C(N)=S)CC(C)C2)cc1. The number of carbonyl (C=O) groups is 1. The third kappa shape index (κ3) is 2.85. The summed E-state index contributed by atoms with van der Waals surface area (Å²) in [4.78, 5) is 12.7. The molecule has 0 radical (unpaired) electrons. The molecule has 0 saturated heterocycles. The van der Waals surface area contributed by atoms with Gasteiger partial charge in [0.2, 0.25) is 5.91 Å². The number of hydrogen-bond donors (Lipinski definition) is 2.